The summed E-state index contributed by atoms with van der Waals surface area (Å²) in [6, 6.07) is 2.07. The molecule has 94 valence electrons. The largest absolute Gasteiger partial charge is 0.269 e. The molecule has 0 aromatic carbocycles. The first-order valence-electron chi connectivity index (χ1n) is 6.81. The lowest BCUT2D eigenvalue weighted by Crippen LogP contribution is -2.21. The molecule has 0 spiro atoms. The Hall–Kier alpha value is -1.64. The Morgan fingerprint density at radius 3 is 2.83 bits per heavy atom. The van der Waals surface area contributed by atoms with Crippen LogP contribution in [0, 0.1) is 0 Å². The zero-order chi connectivity index (χ0) is 12.7. The van der Waals surface area contributed by atoms with E-state index in [9.17, 15) is 4.79 Å². The molecule has 0 saturated heterocycles. The van der Waals surface area contributed by atoms with Gasteiger partial charge in [-0.3, -0.25) is 9.20 Å². The van der Waals surface area contributed by atoms with E-state index in [0.717, 1.165) is 49.0 Å². The Morgan fingerprint density at radius 2 is 2.11 bits per heavy atom. The first-order chi connectivity index (χ1) is 8.76. The molecule has 3 rings (SSSR count). The number of nitrogens with zero attached hydrogens (tertiary/aromatic N) is 2. The molecule has 0 fully saturated rings. The van der Waals surface area contributed by atoms with Crippen LogP contribution >= 0.6 is 0 Å². The van der Waals surface area contributed by atoms with Crippen LogP contribution in [-0.4, -0.2) is 9.38 Å². The molecule has 0 atom stereocenters. The molecule has 1 aliphatic rings. The summed E-state index contributed by atoms with van der Waals surface area (Å²) in [7, 11) is 0. The fraction of sp³-hybridized carbons (Fsp3) is 0.467. The second-order valence-electron chi connectivity index (χ2n) is 4.92. The summed E-state index contributed by atoms with van der Waals surface area (Å²) >= 11 is 0. The van der Waals surface area contributed by atoms with Crippen molar-refractivity contribution in [2.24, 2.45) is 0 Å². The van der Waals surface area contributed by atoms with Gasteiger partial charge in [0.1, 0.15) is 5.65 Å². The predicted octanol–water partition coefficient (Wildman–Crippen LogP) is 2.31. The van der Waals surface area contributed by atoms with Crippen molar-refractivity contribution in [1.29, 1.82) is 0 Å². The molecule has 2 aromatic heterocycles. The highest BCUT2D eigenvalue weighted by molar-refractivity contribution is 5.53. The molecular formula is C15H18N2O. The third-order valence-corrected chi connectivity index (χ3v) is 3.95. The van der Waals surface area contributed by atoms with Crippen molar-refractivity contribution in [2.45, 2.75) is 46.0 Å². The maximum atomic E-state index is 12.4. The van der Waals surface area contributed by atoms with Crippen LogP contribution in [0.15, 0.2) is 17.1 Å². The summed E-state index contributed by atoms with van der Waals surface area (Å²) in [6.45, 7) is 4.28. The van der Waals surface area contributed by atoms with E-state index < -0.39 is 0 Å². The SMILES string of the molecule is CCc1ccn2c(=O)c3c(nc2c1CC)CCC3. The van der Waals surface area contributed by atoms with Crippen LogP contribution < -0.4 is 5.56 Å². The van der Waals surface area contributed by atoms with Gasteiger partial charge in [0.25, 0.3) is 5.56 Å². The number of pyridine rings is 1. The van der Waals surface area contributed by atoms with Crippen LogP contribution in [-0.2, 0) is 25.7 Å². The van der Waals surface area contributed by atoms with Crippen molar-refractivity contribution in [2.75, 3.05) is 0 Å². The Kier molecular flexibility index (Phi) is 2.69. The minimum absolute atomic E-state index is 0.143. The standard InChI is InChI=1S/C15H18N2O/c1-3-10-8-9-17-14(11(10)4-2)16-13-7-5-6-12(13)15(17)18/h8-9H,3-7H2,1-2H3. The van der Waals surface area contributed by atoms with Crippen molar-refractivity contribution < 1.29 is 0 Å². The Balaban J connectivity index is 2.42. The zero-order valence-corrected chi connectivity index (χ0v) is 11.0. The summed E-state index contributed by atoms with van der Waals surface area (Å²) in [5.41, 5.74) is 5.52. The van der Waals surface area contributed by atoms with Gasteiger partial charge in [0.05, 0.1) is 5.69 Å². The molecule has 0 bridgehead atoms. The van der Waals surface area contributed by atoms with Gasteiger partial charge in [0.2, 0.25) is 0 Å². The maximum Gasteiger partial charge on any atom is 0.261 e. The molecule has 0 saturated carbocycles. The summed E-state index contributed by atoms with van der Waals surface area (Å²) in [6.07, 6.45) is 6.73. The smallest absolute Gasteiger partial charge is 0.261 e. The summed E-state index contributed by atoms with van der Waals surface area (Å²) < 4.78 is 1.74. The summed E-state index contributed by atoms with van der Waals surface area (Å²) in [5.74, 6) is 0. The third-order valence-electron chi connectivity index (χ3n) is 3.95. The molecule has 0 aliphatic heterocycles. The summed E-state index contributed by atoms with van der Waals surface area (Å²) in [4.78, 5) is 17.2. The lowest BCUT2D eigenvalue weighted by molar-refractivity contribution is 0.899. The highest BCUT2D eigenvalue weighted by Gasteiger charge is 2.19. The monoisotopic (exact) mass is 242 g/mol. The molecule has 0 amide bonds. The second kappa shape index (κ2) is 4.23. The van der Waals surface area contributed by atoms with E-state index in [-0.39, 0.29) is 5.56 Å². The number of fused-ring (bicyclic) bond motifs is 2. The van der Waals surface area contributed by atoms with Gasteiger partial charge >= 0.3 is 0 Å². The number of aromatic nitrogens is 2. The van der Waals surface area contributed by atoms with Crippen molar-refractivity contribution in [3.63, 3.8) is 0 Å². The first kappa shape index (κ1) is 11.5. The van der Waals surface area contributed by atoms with Gasteiger partial charge in [-0.25, -0.2) is 4.98 Å². The lowest BCUT2D eigenvalue weighted by atomic mass is 10.0. The molecule has 3 nitrogen and oxygen atoms in total. The Morgan fingerprint density at radius 1 is 1.28 bits per heavy atom. The minimum Gasteiger partial charge on any atom is -0.269 e. The second-order valence-corrected chi connectivity index (χ2v) is 4.92. The molecule has 1 aliphatic carbocycles. The average molecular weight is 242 g/mol. The van der Waals surface area contributed by atoms with E-state index in [2.05, 4.69) is 19.9 Å². The van der Waals surface area contributed by atoms with Crippen LogP contribution in [0.1, 0.15) is 42.7 Å². The van der Waals surface area contributed by atoms with Gasteiger partial charge < -0.3 is 0 Å². The molecule has 0 unspecified atom stereocenters. The molecule has 0 N–H and O–H groups in total. The van der Waals surface area contributed by atoms with Gasteiger partial charge in [0.15, 0.2) is 0 Å². The fourth-order valence-electron chi connectivity index (χ4n) is 2.98. The van der Waals surface area contributed by atoms with Crippen molar-refractivity contribution >= 4 is 5.65 Å². The minimum atomic E-state index is 0.143. The van der Waals surface area contributed by atoms with E-state index in [1.165, 1.54) is 11.1 Å². The normalized spacial score (nSPS) is 14.1. The van der Waals surface area contributed by atoms with E-state index in [1.54, 1.807) is 4.40 Å². The van der Waals surface area contributed by atoms with Crippen LogP contribution in [0.3, 0.4) is 0 Å². The predicted molar refractivity (Wildman–Crippen MR) is 72.2 cm³/mol. The molecular weight excluding hydrogens is 224 g/mol. The summed E-state index contributed by atoms with van der Waals surface area (Å²) in [5, 5.41) is 0. The van der Waals surface area contributed by atoms with E-state index >= 15 is 0 Å². The van der Waals surface area contributed by atoms with E-state index in [1.807, 2.05) is 6.20 Å². The Labute approximate surface area is 106 Å². The molecule has 2 aromatic rings. The van der Waals surface area contributed by atoms with Crippen LogP contribution in [0.4, 0.5) is 0 Å². The zero-order valence-electron chi connectivity index (χ0n) is 11.0. The van der Waals surface area contributed by atoms with Gasteiger partial charge in [-0.05, 0) is 49.3 Å². The first-order valence-corrected chi connectivity index (χ1v) is 6.81. The third kappa shape index (κ3) is 1.50. The number of aryl methyl sites for hydroxylation is 3. The van der Waals surface area contributed by atoms with E-state index in [4.69, 9.17) is 4.98 Å². The van der Waals surface area contributed by atoms with Crippen LogP contribution in [0.5, 0.6) is 0 Å². The molecule has 18 heavy (non-hydrogen) atoms. The van der Waals surface area contributed by atoms with Crippen LogP contribution in [0.2, 0.25) is 0 Å². The number of hydrogen-bond acceptors (Lipinski definition) is 2. The molecule has 3 heteroatoms. The highest BCUT2D eigenvalue weighted by atomic mass is 16.1. The van der Waals surface area contributed by atoms with Gasteiger partial charge in [-0.1, -0.05) is 13.8 Å². The highest BCUT2D eigenvalue weighted by Crippen LogP contribution is 2.20. The molecule has 2 heterocycles. The fourth-order valence-corrected chi connectivity index (χ4v) is 2.98. The molecule has 0 radical (unpaired) electrons. The van der Waals surface area contributed by atoms with Crippen molar-refractivity contribution in [3.8, 4) is 0 Å². The van der Waals surface area contributed by atoms with Crippen molar-refractivity contribution in [1.82, 2.24) is 9.38 Å². The lowest BCUT2D eigenvalue weighted by Gasteiger charge is -2.11. The average Bonchev–Trinajstić information content (AvgIpc) is 2.86. The van der Waals surface area contributed by atoms with E-state index in [0.29, 0.717) is 0 Å². The van der Waals surface area contributed by atoms with Gasteiger partial charge in [0, 0.05) is 11.8 Å². The topological polar surface area (TPSA) is 34.4 Å². The quantitative estimate of drug-likeness (QED) is 0.810. The van der Waals surface area contributed by atoms with Crippen LogP contribution in [0.25, 0.3) is 5.65 Å². The van der Waals surface area contributed by atoms with Gasteiger partial charge in [-0.15, -0.1) is 0 Å². The van der Waals surface area contributed by atoms with Crippen molar-refractivity contribution in [3.05, 3.63) is 45.0 Å². The number of hydrogen-bond donors (Lipinski definition) is 0. The van der Waals surface area contributed by atoms with Gasteiger partial charge in [-0.2, -0.15) is 0 Å². The number of rotatable bonds is 2. The maximum absolute atomic E-state index is 12.4. The Bertz CT molecular complexity index is 670.